The van der Waals surface area contributed by atoms with Gasteiger partial charge in [0.05, 0.1) is 24.9 Å². The van der Waals surface area contributed by atoms with Crippen molar-refractivity contribution in [1.82, 2.24) is 9.55 Å². The highest BCUT2D eigenvalue weighted by Gasteiger charge is 2.22. The third-order valence-corrected chi connectivity index (χ3v) is 4.98. The molecule has 0 radical (unpaired) electrons. The minimum absolute atomic E-state index is 0.0918. The van der Waals surface area contributed by atoms with Gasteiger partial charge in [0.2, 0.25) is 0 Å². The molecule has 0 saturated carbocycles. The normalized spacial score (nSPS) is 18.7. The Morgan fingerprint density at radius 2 is 2.42 bits per heavy atom. The summed E-state index contributed by atoms with van der Waals surface area (Å²) in [6, 6.07) is 0. The molecule has 0 saturated heterocycles. The Morgan fingerprint density at radius 3 is 3.21 bits per heavy atom. The van der Waals surface area contributed by atoms with E-state index in [0.717, 1.165) is 29.0 Å². The van der Waals surface area contributed by atoms with Crippen LogP contribution in [0.3, 0.4) is 0 Å². The van der Waals surface area contributed by atoms with Gasteiger partial charge in [-0.05, 0) is 30.7 Å². The van der Waals surface area contributed by atoms with Gasteiger partial charge in [0.25, 0.3) is 5.56 Å². The molecule has 3 rings (SSSR count). The zero-order valence-electron chi connectivity index (χ0n) is 11.3. The predicted octanol–water partition coefficient (Wildman–Crippen LogP) is 2.23. The maximum absolute atomic E-state index is 12.5. The summed E-state index contributed by atoms with van der Waals surface area (Å²) in [6.07, 6.45) is 4.93. The molecule has 0 fully saturated rings. The van der Waals surface area contributed by atoms with Crippen LogP contribution in [0.1, 0.15) is 23.8 Å². The molecule has 0 spiro atoms. The number of aryl methyl sites for hydroxylation is 1. The van der Waals surface area contributed by atoms with E-state index in [1.54, 1.807) is 29.3 Å². The van der Waals surface area contributed by atoms with Crippen molar-refractivity contribution in [3.05, 3.63) is 27.1 Å². The van der Waals surface area contributed by atoms with E-state index >= 15 is 0 Å². The maximum Gasteiger partial charge on any atom is 0.262 e. The molecule has 0 aliphatic heterocycles. The number of hydrogen-bond donors (Lipinski definition) is 0. The number of methoxy groups -OCH3 is 1. The zero-order chi connectivity index (χ0) is 13.4. The lowest BCUT2D eigenvalue weighted by atomic mass is 9.89. The van der Waals surface area contributed by atoms with Gasteiger partial charge in [-0.25, -0.2) is 4.98 Å². The number of fused-ring (bicyclic) bond motifs is 3. The van der Waals surface area contributed by atoms with E-state index in [1.807, 2.05) is 0 Å². The van der Waals surface area contributed by atoms with Gasteiger partial charge in [0.15, 0.2) is 0 Å². The molecule has 2 aromatic rings. The molecular weight excluding hydrogens is 260 g/mol. The van der Waals surface area contributed by atoms with Gasteiger partial charge in [-0.15, -0.1) is 11.3 Å². The van der Waals surface area contributed by atoms with Crippen molar-refractivity contribution < 1.29 is 4.74 Å². The van der Waals surface area contributed by atoms with Crippen LogP contribution in [0.2, 0.25) is 0 Å². The van der Waals surface area contributed by atoms with Crippen LogP contribution in [0.5, 0.6) is 0 Å². The van der Waals surface area contributed by atoms with E-state index in [9.17, 15) is 4.79 Å². The van der Waals surface area contributed by atoms with Gasteiger partial charge in [0.1, 0.15) is 4.83 Å². The second-order valence-corrected chi connectivity index (χ2v) is 6.35. The van der Waals surface area contributed by atoms with E-state index < -0.39 is 0 Å². The average Bonchev–Trinajstić information content (AvgIpc) is 2.76. The van der Waals surface area contributed by atoms with Gasteiger partial charge in [-0.1, -0.05) is 6.92 Å². The van der Waals surface area contributed by atoms with Crippen LogP contribution < -0.4 is 5.56 Å². The monoisotopic (exact) mass is 278 g/mol. The van der Waals surface area contributed by atoms with Crippen molar-refractivity contribution in [2.75, 3.05) is 13.7 Å². The fraction of sp³-hybridized carbons (Fsp3) is 0.571. The molecule has 1 aliphatic rings. The van der Waals surface area contributed by atoms with Gasteiger partial charge in [-0.3, -0.25) is 9.36 Å². The highest BCUT2D eigenvalue weighted by atomic mass is 32.1. The van der Waals surface area contributed by atoms with Gasteiger partial charge in [-0.2, -0.15) is 0 Å². The Labute approximate surface area is 116 Å². The second kappa shape index (κ2) is 5.06. The first-order valence-corrected chi connectivity index (χ1v) is 7.51. The molecule has 0 aromatic carbocycles. The van der Waals surface area contributed by atoms with E-state index in [0.29, 0.717) is 13.2 Å². The van der Waals surface area contributed by atoms with Crippen LogP contribution in [0.15, 0.2) is 11.1 Å². The third-order valence-electron chi connectivity index (χ3n) is 3.82. The van der Waals surface area contributed by atoms with Crippen LogP contribution in [-0.4, -0.2) is 23.3 Å². The van der Waals surface area contributed by atoms with Crippen LogP contribution in [0.25, 0.3) is 10.2 Å². The third kappa shape index (κ3) is 2.21. The summed E-state index contributed by atoms with van der Waals surface area (Å²) in [5, 5.41) is 0.852. The lowest BCUT2D eigenvalue weighted by Crippen LogP contribution is -2.23. The standard InChI is InChI=1S/C14H18N2O2S/c1-9-3-4-10-11(7-9)19-13-12(10)14(17)16(8-15-13)5-6-18-2/h8-9H,3-7H2,1-2H3. The van der Waals surface area contributed by atoms with Crippen molar-refractivity contribution in [2.24, 2.45) is 5.92 Å². The largest absolute Gasteiger partial charge is 0.383 e. The van der Waals surface area contributed by atoms with Crippen molar-refractivity contribution in [2.45, 2.75) is 32.7 Å². The smallest absolute Gasteiger partial charge is 0.262 e. The van der Waals surface area contributed by atoms with E-state index in [1.165, 1.54) is 16.9 Å². The summed E-state index contributed by atoms with van der Waals surface area (Å²) in [4.78, 5) is 19.2. The van der Waals surface area contributed by atoms with Crippen LogP contribution in [0, 0.1) is 5.92 Å². The predicted molar refractivity (Wildman–Crippen MR) is 76.9 cm³/mol. The topological polar surface area (TPSA) is 44.1 Å². The molecule has 5 heteroatoms. The molecular formula is C14H18N2O2S. The summed E-state index contributed by atoms with van der Waals surface area (Å²) in [6.45, 7) is 3.38. The van der Waals surface area contributed by atoms with Crippen LogP contribution >= 0.6 is 11.3 Å². The molecule has 1 unspecified atom stereocenters. The summed E-state index contributed by atoms with van der Waals surface area (Å²) in [5.41, 5.74) is 1.34. The fourth-order valence-corrected chi connectivity index (χ4v) is 4.06. The molecule has 1 aliphatic carbocycles. The molecule has 0 amide bonds. The Bertz CT molecular complexity index is 659. The minimum atomic E-state index is 0.0918. The van der Waals surface area contributed by atoms with Crippen molar-refractivity contribution >= 4 is 21.6 Å². The number of thiophene rings is 1. The van der Waals surface area contributed by atoms with Gasteiger partial charge < -0.3 is 4.74 Å². The first kappa shape index (κ1) is 12.8. The lowest BCUT2D eigenvalue weighted by molar-refractivity contribution is 0.186. The van der Waals surface area contributed by atoms with E-state index in [2.05, 4.69) is 11.9 Å². The number of rotatable bonds is 3. The Hall–Kier alpha value is -1.20. The molecule has 102 valence electrons. The highest BCUT2D eigenvalue weighted by molar-refractivity contribution is 7.18. The zero-order valence-corrected chi connectivity index (χ0v) is 12.1. The molecule has 1 atom stereocenters. The molecule has 4 nitrogen and oxygen atoms in total. The van der Waals surface area contributed by atoms with Crippen molar-refractivity contribution in [3.63, 3.8) is 0 Å². The second-order valence-electron chi connectivity index (χ2n) is 5.27. The van der Waals surface area contributed by atoms with Crippen LogP contribution in [-0.2, 0) is 24.1 Å². The average molecular weight is 278 g/mol. The highest BCUT2D eigenvalue weighted by Crippen LogP contribution is 2.35. The Morgan fingerprint density at radius 1 is 1.58 bits per heavy atom. The fourth-order valence-electron chi connectivity index (χ4n) is 2.71. The number of aromatic nitrogens is 2. The van der Waals surface area contributed by atoms with E-state index in [4.69, 9.17) is 4.74 Å². The minimum Gasteiger partial charge on any atom is -0.383 e. The molecule has 2 heterocycles. The quantitative estimate of drug-likeness (QED) is 0.865. The van der Waals surface area contributed by atoms with Gasteiger partial charge >= 0.3 is 0 Å². The molecule has 19 heavy (non-hydrogen) atoms. The van der Waals surface area contributed by atoms with Crippen molar-refractivity contribution in [3.8, 4) is 0 Å². The molecule has 0 N–H and O–H groups in total. The number of hydrogen-bond acceptors (Lipinski definition) is 4. The van der Waals surface area contributed by atoms with Crippen molar-refractivity contribution in [1.29, 1.82) is 0 Å². The maximum atomic E-state index is 12.5. The van der Waals surface area contributed by atoms with E-state index in [-0.39, 0.29) is 5.56 Å². The first-order chi connectivity index (χ1) is 9.20. The summed E-state index contributed by atoms with van der Waals surface area (Å²) >= 11 is 1.69. The lowest BCUT2D eigenvalue weighted by Gasteiger charge is -2.17. The summed E-state index contributed by atoms with van der Waals surface area (Å²) in [5.74, 6) is 0.719. The van der Waals surface area contributed by atoms with Crippen LogP contribution in [0.4, 0.5) is 0 Å². The van der Waals surface area contributed by atoms with Gasteiger partial charge in [0, 0.05) is 12.0 Å². The molecule has 0 bridgehead atoms. The molecule has 2 aromatic heterocycles. The Balaban J connectivity index is 2.12. The number of nitrogens with zero attached hydrogens (tertiary/aromatic N) is 2. The summed E-state index contributed by atoms with van der Waals surface area (Å²) in [7, 11) is 1.64. The Kier molecular flexibility index (Phi) is 3.41. The first-order valence-electron chi connectivity index (χ1n) is 6.69. The SMILES string of the molecule is COCCn1cnc2sc3c(c2c1=O)CCC(C)C3. The summed E-state index contributed by atoms with van der Waals surface area (Å²) < 4.78 is 6.70. The number of ether oxygens (including phenoxy) is 1.